The van der Waals surface area contributed by atoms with Crippen LogP contribution in [0, 0.1) is 17.8 Å². The lowest BCUT2D eigenvalue weighted by molar-refractivity contribution is -0.00944. The van der Waals surface area contributed by atoms with E-state index in [1.165, 1.54) is 49.8 Å². The third-order valence-corrected chi connectivity index (χ3v) is 8.24. The average Bonchev–Trinajstić information content (AvgIpc) is 2.79. The van der Waals surface area contributed by atoms with Crippen LogP contribution in [0.25, 0.3) is 11.3 Å². The average molecular weight is 424 g/mol. The first-order valence-corrected chi connectivity index (χ1v) is 12.4. The van der Waals surface area contributed by atoms with Crippen molar-refractivity contribution in [2.45, 2.75) is 63.2 Å². The van der Waals surface area contributed by atoms with E-state index in [1.54, 1.807) is 0 Å². The minimum Gasteiger partial charge on any atom is -0.399 e. The number of nitrogens with zero attached hydrogens (tertiary/aromatic N) is 2. The Hall–Kier alpha value is -2.68. The quantitative estimate of drug-likeness (QED) is 0.469. The molecule has 2 N–H and O–H groups in total. The van der Waals surface area contributed by atoms with E-state index in [0.717, 1.165) is 59.8 Å². The first-order valence-electron chi connectivity index (χ1n) is 12.4. The van der Waals surface area contributed by atoms with Crippen LogP contribution >= 0.6 is 0 Å². The molecule has 7 rings (SSSR count). The number of aryl methyl sites for hydroxylation is 2. The molecular formula is C29H33N3. The lowest BCUT2D eigenvalue weighted by atomic mass is 9.49. The summed E-state index contributed by atoms with van der Waals surface area (Å²) in [6.45, 7) is 0. The number of nitrogens with two attached hydrogens (primary N) is 1. The molecule has 0 saturated heterocycles. The van der Waals surface area contributed by atoms with Crippen molar-refractivity contribution in [1.82, 2.24) is 9.97 Å². The second-order valence-electron chi connectivity index (χ2n) is 10.7. The molecule has 0 unspecified atom stereocenters. The lowest BCUT2D eigenvalue weighted by Gasteiger charge is -2.56. The molecule has 4 aliphatic rings. The van der Waals surface area contributed by atoms with Gasteiger partial charge in [-0.3, -0.25) is 0 Å². The smallest absolute Gasteiger partial charge is 0.135 e. The molecule has 3 aromatic rings. The zero-order valence-electron chi connectivity index (χ0n) is 18.8. The van der Waals surface area contributed by atoms with E-state index in [4.69, 9.17) is 15.7 Å². The fourth-order valence-electron chi connectivity index (χ4n) is 7.17. The standard InChI is InChI=1S/C29H33N3/c30-25-11-9-24(10-12-25)27-16-26(8-4-7-20-5-2-1-3-6-20)31-28(32-27)29-17-21-13-22(18-29)15-23(14-21)19-29/h1-3,5-6,9-12,16,21-23H,4,7-8,13-15,17-19,30H2. The normalized spacial score (nSPS) is 28.2. The number of anilines is 1. The monoisotopic (exact) mass is 423 g/mol. The summed E-state index contributed by atoms with van der Waals surface area (Å²) in [5.41, 5.74) is 11.8. The van der Waals surface area contributed by atoms with Gasteiger partial charge in [0.1, 0.15) is 5.82 Å². The van der Waals surface area contributed by atoms with Crippen LogP contribution in [0.3, 0.4) is 0 Å². The van der Waals surface area contributed by atoms with Crippen LogP contribution in [0.4, 0.5) is 5.69 Å². The number of hydrogen-bond donors (Lipinski definition) is 1. The summed E-state index contributed by atoms with van der Waals surface area (Å²) >= 11 is 0. The molecule has 4 saturated carbocycles. The van der Waals surface area contributed by atoms with Crippen molar-refractivity contribution in [2.24, 2.45) is 17.8 Å². The molecule has 4 aliphatic carbocycles. The maximum Gasteiger partial charge on any atom is 0.135 e. The van der Waals surface area contributed by atoms with E-state index in [1.807, 2.05) is 12.1 Å². The van der Waals surface area contributed by atoms with E-state index in [-0.39, 0.29) is 5.41 Å². The molecule has 164 valence electrons. The highest BCUT2D eigenvalue weighted by molar-refractivity contribution is 5.62. The fourth-order valence-corrected chi connectivity index (χ4v) is 7.17. The molecule has 32 heavy (non-hydrogen) atoms. The number of aromatic nitrogens is 2. The molecule has 1 heterocycles. The summed E-state index contributed by atoms with van der Waals surface area (Å²) < 4.78 is 0. The van der Waals surface area contributed by atoms with E-state index in [9.17, 15) is 0 Å². The Bertz CT molecular complexity index is 1050. The van der Waals surface area contributed by atoms with Crippen molar-refractivity contribution in [2.75, 3.05) is 5.73 Å². The highest BCUT2D eigenvalue weighted by atomic mass is 14.9. The predicted molar refractivity (Wildman–Crippen MR) is 130 cm³/mol. The van der Waals surface area contributed by atoms with Gasteiger partial charge in [-0.25, -0.2) is 9.97 Å². The Labute approximate surface area is 191 Å². The van der Waals surface area contributed by atoms with Crippen LogP contribution in [-0.2, 0) is 18.3 Å². The second-order valence-corrected chi connectivity index (χ2v) is 10.7. The Morgan fingerprint density at radius 3 is 2.09 bits per heavy atom. The minimum absolute atomic E-state index is 0.215. The van der Waals surface area contributed by atoms with Crippen LogP contribution < -0.4 is 5.73 Å². The summed E-state index contributed by atoms with van der Waals surface area (Å²) in [6.07, 6.45) is 11.4. The summed E-state index contributed by atoms with van der Waals surface area (Å²) in [5.74, 6) is 3.82. The molecule has 0 amide bonds. The van der Waals surface area contributed by atoms with E-state index >= 15 is 0 Å². The van der Waals surface area contributed by atoms with E-state index in [0.29, 0.717) is 0 Å². The zero-order valence-corrected chi connectivity index (χ0v) is 18.8. The van der Waals surface area contributed by atoms with Gasteiger partial charge in [0.25, 0.3) is 0 Å². The van der Waals surface area contributed by atoms with E-state index in [2.05, 4.69) is 48.5 Å². The highest BCUT2D eigenvalue weighted by Crippen LogP contribution is 2.60. The van der Waals surface area contributed by atoms with Gasteiger partial charge in [0.2, 0.25) is 0 Å². The van der Waals surface area contributed by atoms with Gasteiger partial charge in [0, 0.05) is 22.4 Å². The highest BCUT2D eigenvalue weighted by Gasteiger charge is 2.53. The first-order chi connectivity index (χ1) is 15.6. The molecule has 1 aromatic heterocycles. The van der Waals surface area contributed by atoms with Gasteiger partial charge in [0.15, 0.2) is 0 Å². The second kappa shape index (κ2) is 8.03. The van der Waals surface area contributed by atoms with E-state index < -0.39 is 0 Å². The van der Waals surface area contributed by atoms with Crippen molar-refractivity contribution < 1.29 is 0 Å². The number of benzene rings is 2. The first kappa shape index (κ1) is 20.0. The SMILES string of the molecule is Nc1ccc(-c2cc(CCCc3ccccc3)nc(C34CC5CC(CC(C5)C3)C4)n2)cc1. The van der Waals surface area contributed by atoms with Gasteiger partial charge in [0.05, 0.1) is 5.69 Å². The summed E-state index contributed by atoms with van der Waals surface area (Å²) in [4.78, 5) is 10.5. The Kier molecular flexibility index (Phi) is 5.01. The van der Waals surface area contributed by atoms with Crippen molar-refractivity contribution in [3.63, 3.8) is 0 Å². The molecule has 0 spiro atoms. The van der Waals surface area contributed by atoms with Gasteiger partial charge in [-0.05, 0) is 99.3 Å². The van der Waals surface area contributed by atoms with Crippen LogP contribution in [0.1, 0.15) is 62.0 Å². The molecule has 2 aromatic carbocycles. The largest absolute Gasteiger partial charge is 0.399 e. The lowest BCUT2D eigenvalue weighted by Crippen LogP contribution is -2.49. The Morgan fingerprint density at radius 1 is 0.781 bits per heavy atom. The molecule has 0 radical (unpaired) electrons. The number of nitrogen functional groups attached to an aromatic ring is 1. The topological polar surface area (TPSA) is 51.8 Å². The van der Waals surface area contributed by atoms with Crippen LogP contribution in [-0.4, -0.2) is 9.97 Å². The molecule has 0 atom stereocenters. The van der Waals surface area contributed by atoms with Crippen LogP contribution in [0.2, 0.25) is 0 Å². The van der Waals surface area contributed by atoms with Gasteiger partial charge in [-0.15, -0.1) is 0 Å². The van der Waals surface area contributed by atoms with Crippen LogP contribution in [0.5, 0.6) is 0 Å². The van der Waals surface area contributed by atoms with Gasteiger partial charge in [-0.2, -0.15) is 0 Å². The van der Waals surface area contributed by atoms with Crippen LogP contribution in [0.15, 0.2) is 60.7 Å². The van der Waals surface area contributed by atoms with Crippen molar-refractivity contribution >= 4 is 5.69 Å². The van der Waals surface area contributed by atoms with Crippen molar-refractivity contribution in [1.29, 1.82) is 0 Å². The maximum absolute atomic E-state index is 5.96. The predicted octanol–water partition coefficient (Wildman–Crippen LogP) is 6.37. The Morgan fingerprint density at radius 2 is 1.44 bits per heavy atom. The van der Waals surface area contributed by atoms with Gasteiger partial charge < -0.3 is 5.73 Å². The zero-order chi connectivity index (χ0) is 21.5. The Balaban J connectivity index is 1.33. The number of rotatable bonds is 6. The molecule has 3 nitrogen and oxygen atoms in total. The third kappa shape index (κ3) is 3.83. The van der Waals surface area contributed by atoms with Gasteiger partial charge in [-0.1, -0.05) is 42.5 Å². The molecule has 0 aliphatic heterocycles. The molecular weight excluding hydrogens is 390 g/mol. The van der Waals surface area contributed by atoms with Gasteiger partial charge >= 0.3 is 0 Å². The molecule has 3 heteroatoms. The summed E-state index contributed by atoms with van der Waals surface area (Å²) in [6, 6.07) is 21.2. The molecule has 4 fully saturated rings. The maximum atomic E-state index is 5.96. The fraction of sp³-hybridized carbons (Fsp3) is 0.448. The summed E-state index contributed by atoms with van der Waals surface area (Å²) in [7, 11) is 0. The minimum atomic E-state index is 0.215. The third-order valence-electron chi connectivity index (χ3n) is 8.24. The number of hydrogen-bond acceptors (Lipinski definition) is 3. The van der Waals surface area contributed by atoms with Crippen molar-refractivity contribution in [3.8, 4) is 11.3 Å². The summed E-state index contributed by atoms with van der Waals surface area (Å²) in [5, 5.41) is 0. The van der Waals surface area contributed by atoms with Crippen molar-refractivity contribution in [3.05, 3.63) is 77.7 Å². The molecule has 4 bridgehead atoms.